The number of ether oxygens (including phenoxy) is 2. The molecule has 0 N–H and O–H groups in total. The van der Waals surface area contributed by atoms with Crippen molar-refractivity contribution in [3.8, 4) is 0 Å². The summed E-state index contributed by atoms with van der Waals surface area (Å²) in [4.78, 5) is 5.37. The van der Waals surface area contributed by atoms with Crippen molar-refractivity contribution in [3.05, 3.63) is 0 Å². The molecule has 1 aliphatic heterocycles. The fraction of sp³-hybridized carbons (Fsp3) is 0.917. The van der Waals surface area contributed by atoms with E-state index in [0.29, 0.717) is 13.2 Å². The van der Waals surface area contributed by atoms with Gasteiger partial charge in [0.15, 0.2) is 12.4 Å². The molecule has 0 radical (unpaired) electrons. The van der Waals surface area contributed by atoms with Crippen molar-refractivity contribution in [2.45, 2.75) is 58.8 Å². The van der Waals surface area contributed by atoms with Crippen molar-refractivity contribution in [3.63, 3.8) is 0 Å². The van der Waals surface area contributed by atoms with E-state index in [0.717, 1.165) is 18.6 Å². The van der Waals surface area contributed by atoms with Crippen LogP contribution in [0.3, 0.4) is 0 Å². The molecule has 16 heavy (non-hydrogen) atoms. The second-order valence-electron chi connectivity index (χ2n) is 3.89. The van der Waals surface area contributed by atoms with Crippen molar-refractivity contribution in [2.24, 2.45) is 5.16 Å². The van der Waals surface area contributed by atoms with E-state index in [-0.39, 0.29) is 12.4 Å². The van der Waals surface area contributed by atoms with E-state index in [2.05, 4.69) is 12.1 Å². The first-order valence-electron chi connectivity index (χ1n) is 6.26. The molecule has 0 saturated carbocycles. The lowest BCUT2D eigenvalue weighted by atomic mass is 10.1. The lowest BCUT2D eigenvalue weighted by molar-refractivity contribution is -0.196. The number of hydrogen-bond acceptors (Lipinski definition) is 4. The van der Waals surface area contributed by atoms with Gasteiger partial charge in [-0.05, 0) is 26.7 Å². The van der Waals surface area contributed by atoms with Crippen LogP contribution in [0.25, 0.3) is 0 Å². The summed E-state index contributed by atoms with van der Waals surface area (Å²) in [5.74, 6) is 0. The fourth-order valence-corrected chi connectivity index (χ4v) is 1.71. The number of unbranched alkanes of at least 4 members (excludes halogenated alkanes) is 1. The summed E-state index contributed by atoms with van der Waals surface area (Å²) in [7, 11) is 0. The second-order valence-corrected chi connectivity index (χ2v) is 3.89. The lowest BCUT2D eigenvalue weighted by Crippen LogP contribution is -2.32. The molecule has 1 rings (SSSR count). The number of rotatable bonds is 8. The number of nitrogens with zero attached hydrogens (tertiary/aromatic N) is 1. The summed E-state index contributed by atoms with van der Waals surface area (Å²) in [5.41, 5.74) is 1.14. The molecule has 0 aromatic heterocycles. The van der Waals surface area contributed by atoms with Crippen LogP contribution in [0.1, 0.15) is 46.5 Å². The fourth-order valence-electron chi connectivity index (χ4n) is 1.71. The Morgan fingerprint density at radius 2 is 2.00 bits per heavy atom. The Balaban J connectivity index is 2.33. The Kier molecular flexibility index (Phi) is 6.42. The number of hydrogen-bond donors (Lipinski definition) is 0. The van der Waals surface area contributed by atoms with Crippen LogP contribution in [0.5, 0.6) is 0 Å². The Labute approximate surface area is 97.9 Å². The highest BCUT2D eigenvalue weighted by Gasteiger charge is 2.30. The van der Waals surface area contributed by atoms with Gasteiger partial charge in [0.05, 0.1) is 5.71 Å². The van der Waals surface area contributed by atoms with E-state index < -0.39 is 0 Å². The third-order valence-electron chi connectivity index (χ3n) is 2.54. The van der Waals surface area contributed by atoms with Gasteiger partial charge in [0.1, 0.15) is 0 Å². The van der Waals surface area contributed by atoms with Crippen LogP contribution in [0.4, 0.5) is 0 Å². The van der Waals surface area contributed by atoms with E-state index in [1.54, 1.807) is 0 Å². The smallest absolute Gasteiger partial charge is 0.197 e. The largest absolute Gasteiger partial charge is 0.387 e. The summed E-state index contributed by atoms with van der Waals surface area (Å²) < 4.78 is 11.0. The van der Waals surface area contributed by atoms with Crippen molar-refractivity contribution >= 4 is 5.71 Å². The van der Waals surface area contributed by atoms with Gasteiger partial charge in [-0.2, -0.15) is 0 Å². The molecule has 1 unspecified atom stereocenters. The summed E-state index contributed by atoms with van der Waals surface area (Å²) in [6, 6.07) is 0. The molecule has 0 saturated heterocycles. The minimum absolute atomic E-state index is 0.0632. The lowest BCUT2D eigenvalue weighted by Gasteiger charge is -2.21. The molecule has 0 aromatic carbocycles. The van der Waals surface area contributed by atoms with Crippen molar-refractivity contribution in [1.29, 1.82) is 0 Å². The molecule has 1 aliphatic rings. The summed E-state index contributed by atoms with van der Waals surface area (Å²) in [5, 5.41) is 4.10. The van der Waals surface area contributed by atoms with Crippen LogP contribution in [-0.4, -0.2) is 31.3 Å². The maximum Gasteiger partial charge on any atom is 0.197 e. The molecule has 0 bridgehead atoms. The van der Waals surface area contributed by atoms with Gasteiger partial charge in [-0.25, -0.2) is 0 Å². The van der Waals surface area contributed by atoms with Crippen LogP contribution < -0.4 is 0 Å². The minimum atomic E-state index is -0.280. The van der Waals surface area contributed by atoms with Crippen LogP contribution in [0.15, 0.2) is 5.16 Å². The molecule has 94 valence electrons. The van der Waals surface area contributed by atoms with Crippen LogP contribution in [0, 0.1) is 0 Å². The molecule has 0 amide bonds. The molecular weight excluding hydrogens is 206 g/mol. The molecule has 0 aromatic rings. The molecule has 0 fully saturated rings. The maximum atomic E-state index is 5.50. The first-order chi connectivity index (χ1) is 7.81. The normalized spacial score (nSPS) is 20.0. The molecule has 4 heteroatoms. The van der Waals surface area contributed by atoms with Gasteiger partial charge in [0.2, 0.25) is 0 Å². The van der Waals surface area contributed by atoms with Gasteiger partial charge in [0, 0.05) is 19.6 Å². The zero-order valence-corrected chi connectivity index (χ0v) is 10.6. The van der Waals surface area contributed by atoms with E-state index in [4.69, 9.17) is 14.3 Å². The van der Waals surface area contributed by atoms with Crippen molar-refractivity contribution in [2.75, 3.05) is 13.2 Å². The van der Waals surface area contributed by atoms with Crippen LogP contribution >= 0.6 is 0 Å². The molecule has 4 nitrogen and oxygen atoms in total. The molecule has 0 spiro atoms. The predicted octanol–water partition coefficient (Wildman–Crippen LogP) is 2.72. The second kappa shape index (κ2) is 7.63. The minimum Gasteiger partial charge on any atom is -0.387 e. The van der Waals surface area contributed by atoms with Gasteiger partial charge >= 0.3 is 0 Å². The third-order valence-corrected chi connectivity index (χ3v) is 2.54. The van der Waals surface area contributed by atoms with Gasteiger partial charge in [-0.15, -0.1) is 0 Å². The van der Waals surface area contributed by atoms with Gasteiger partial charge in [-0.3, -0.25) is 0 Å². The average Bonchev–Trinajstić information content (AvgIpc) is 2.74. The molecule has 1 atom stereocenters. The van der Waals surface area contributed by atoms with E-state index in [9.17, 15) is 0 Å². The SMILES string of the molecule is CCCCC1=NOC(C(OCC)OCC)C1. The molecule has 1 heterocycles. The Morgan fingerprint density at radius 1 is 1.31 bits per heavy atom. The van der Waals surface area contributed by atoms with Crippen molar-refractivity contribution < 1.29 is 14.3 Å². The van der Waals surface area contributed by atoms with E-state index in [1.807, 2.05) is 13.8 Å². The zero-order chi connectivity index (χ0) is 11.8. The highest BCUT2D eigenvalue weighted by Crippen LogP contribution is 2.20. The predicted molar refractivity (Wildman–Crippen MR) is 63.5 cm³/mol. The molecular formula is C12H23NO3. The standard InChI is InChI=1S/C12H23NO3/c1-4-7-8-10-9-11(16-13-10)12(14-5-2)15-6-3/h11-12H,4-9H2,1-3H3. The summed E-state index contributed by atoms with van der Waals surface area (Å²) >= 11 is 0. The van der Waals surface area contributed by atoms with Gasteiger partial charge in [-0.1, -0.05) is 18.5 Å². The van der Waals surface area contributed by atoms with E-state index in [1.165, 1.54) is 12.8 Å². The Morgan fingerprint density at radius 3 is 2.56 bits per heavy atom. The van der Waals surface area contributed by atoms with Crippen LogP contribution in [0.2, 0.25) is 0 Å². The highest BCUT2D eigenvalue weighted by molar-refractivity contribution is 5.85. The molecule has 0 aliphatic carbocycles. The zero-order valence-electron chi connectivity index (χ0n) is 10.6. The van der Waals surface area contributed by atoms with Gasteiger partial charge < -0.3 is 14.3 Å². The van der Waals surface area contributed by atoms with Gasteiger partial charge in [0.25, 0.3) is 0 Å². The maximum absolute atomic E-state index is 5.50. The summed E-state index contributed by atoms with van der Waals surface area (Å²) in [6.45, 7) is 7.36. The van der Waals surface area contributed by atoms with Crippen LogP contribution in [-0.2, 0) is 14.3 Å². The topological polar surface area (TPSA) is 40.0 Å². The monoisotopic (exact) mass is 229 g/mol. The summed E-state index contributed by atoms with van der Waals surface area (Å²) in [6.07, 6.45) is 3.87. The number of oxime groups is 1. The highest BCUT2D eigenvalue weighted by atomic mass is 16.7. The first-order valence-corrected chi connectivity index (χ1v) is 6.26. The van der Waals surface area contributed by atoms with E-state index >= 15 is 0 Å². The quantitative estimate of drug-likeness (QED) is 0.601. The average molecular weight is 229 g/mol. The Bertz CT molecular complexity index is 212. The third kappa shape index (κ3) is 4.10. The first kappa shape index (κ1) is 13.5. The Hall–Kier alpha value is -0.610. The van der Waals surface area contributed by atoms with Crippen molar-refractivity contribution in [1.82, 2.24) is 0 Å².